The summed E-state index contributed by atoms with van der Waals surface area (Å²) < 4.78 is 1.50. The molecule has 0 aliphatic rings. The van der Waals surface area contributed by atoms with Crippen LogP contribution in [0.2, 0.25) is 0 Å². The van der Waals surface area contributed by atoms with E-state index in [4.69, 9.17) is 5.11 Å². The zero-order valence-electron chi connectivity index (χ0n) is 6.93. The van der Waals surface area contributed by atoms with Crippen LogP contribution >= 0.6 is 0 Å². The predicted octanol–water partition coefficient (Wildman–Crippen LogP) is 0.736. The molecular formula is C8H7N3O2. The molecule has 2 aromatic rings. The molecule has 13 heavy (non-hydrogen) atoms. The number of nitrogens with zero attached hydrogens (tertiary/aromatic N) is 3. The average Bonchev–Trinajstić information content (AvgIpc) is 2.52. The maximum absolute atomic E-state index is 10.7. The Bertz CT molecular complexity index is 475. The summed E-state index contributed by atoms with van der Waals surface area (Å²) in [5, 5.41) is 12.7. The summed E-state index contributed by atoms with van der Waals surface area (Å²) in [6, 6.07) is 3.16. The van der Waals surface area contributed by atoms with Crippen LogP contribution in [0, 0.1) is 6.92 Å². The molecule has 0 aliphatic heterocycles. The highest BCUT2D eigenvalue weighted by atomic mass is 16.4. The van der Waals surface area contributed by atoms with Crippen LogP contribution < -0.4 is 0 Å². The first-order valence-electron chi connectivity index (χ1n) is 3.73. The second-order valence-corrected chi connectivity index (χ2v) is 2.67. The molecule has 5 nitrogen and oxygen atoms in total. The highest BCUT2D eigenvalue weighted by molar-refractivity contribution is 5.89. The van der Waals surface area contributed by atoms with E-state index >= 15 is 0 Å². The van der Waals surface area contributed by atoms with Crippen LogP contribution in [-0.4, -0.2) is 25.7 Å². The molecule has 1 N–H and O–H groups in total. The van der Waals surface area contributed by atoms with Crippen molar-refractivity contribution in [3.63, 3.8) is 0 Å². The van der Waals surface area contributed by atoms with Gasteiger partial charge >= 0.3 is 5.97 Å². The number of aromatic carboxylic acids is 1. The van der Waals surface area contributed by atoms with Gasteiger partial charge in [-0.25, -0.2) is 14.3 Å². The van der Waals surface area contributed by atoms with Crippen molar-refractivity contribution in [3.05, 3.63) is 29.7 Å². The maximum atomic E-state index is 10.7. The van der Waals surface area contributed by atoms with E-state index in [0.29, 0.717) is 11.3 Å². The molecule has 66 valence electrons. The first-order valence-corrected chi connectivity index (χ1v) is 3.73. The summed E-state index contributed by atoms with van der Waals surface area (Å²) in [6.45, 7) is 1.70. The molecule has 0 aromatic carbocycles. The number of aromatic nitrogens is 3. The molecule has 0 unspecified atom stereocenters. The lowest BCUT2D eigenvalue weighted by Crippen LogP contribution is -2.05. The number of pyridine rings is 1. The fraction of sp³-hybridized carbons (Fsp3) is 0.125. The van der Waals surface area contributed by atoms with E-state index in [1.807, 2.05) is 0 Å². The molecule has 0 saturated carbocycles. The Morgan fingerprint density at radius 1 is 1.54 bits per heavy atom. The van der Waals surface area contributed by atoms with Gasteiger partial charge in [-0.05, 0) is 19.1 Å². The smallest absolute Gasteiger partial charge is 0.337 e. The standard InChI is InChI=1S/C8H7N3O2/c1-5-6(8(12)13)2-3-7-9-4-10-11(5)7/h2-4H,1H3,(H,12,13). The van der Waals surface area contributed by atoms with E-state index in [2.05, 4.69) is 10.1 Å². The summed E-state index contributed by atoms with van der Waals surface area (Å²) >= 11 is 0. The van der Waals surface area contributed by atoms with Crippen molar-refractivity contribution in [2.75, 3.05) is 0 Å². The van der Waals surface area contributed by atoms with Crippen molar-refractivity contribution in [2.45, 2.75) is 6.92 Å². The van der Waals surface area contributed by atoms with Crippen molar-refractivity contribution >= 4 is 11.6 Å². The third-order valence-electron chi connectivity index (χ3n) is 1.91. The molecule has 2 heterocycles. The Kier molecular flexibility index (Phi) is 1.51. The molecule has 0 bridgehead atoms. The summed E-state index contributed by atoms with van der Waals surface area (Å²) in [7, 11) is 0. The van der Waals surface area contributed by atoms with Crippen molar-refractivity contribution in [1.82, 2.24) is 14.6 Å². The molecule has 0 spiro atoms. The number of hydrogen-bond donors (Lipinski definition) is 1. The normalized spacial score (nSPS) is 10.5. The molecule has 2 rings (SSSR count). The quantitative estimate of drug-likeness (QED) is 0.697. The zero-order valence-corrected chi connectivity index (χ0v) is 6.93. The monoisotopic (exact) mass is 177 g/mol. The average molecular weight is 177 g/mol. The lowest BCUT2D eigenvalue weighted by atomic mass is 10.2. The van der Waals surface area contributed by atoms with Gasteiger partial charge in [0.2, 0.25) is 0 Å². The van der Waals surface area contributed by atoms with Gasteiger partial charge in [0.15, 0.2) is 5.65 Å². The number of carboxylic acid groups (broad SMARTS) is 1. The Morgan fingerprint density at radius 3 is 3.00 bits per heavy atom. The van der Waals surface area contributed by atoms with Crippen LogP contribution in [0.15, 0.2) is 18.5 Å². The van der Waals surface area contributed by atoms with Gasteiger partial charge in [-0.1, -0.05) is 0 Å². The second-order valence-electron chi connectivity index (χ2n) is 2.67. The van der Waals surface area contributed by atoms with Crippen molar-refractivity contribution in [3.8, 4) is 0 Å². The molecule has 2 aromatic heterocycles. The molecule has 0 radical (unpaired) electrons. The van der Waals surface area contributed by atoms with Gasteiger partial charge in [0, 0.05) is 0 Å². The molecule has 0 saturated heterocycles. The highest BCUT2D eigenvalue weighted by Gasteiger charge is 2.10. The number of aryl methyl sites for hydroxylation is 1. The Morgan fingerprint density at radius 2 is 2.31 bits per heavy atom. The molecule has 0 fully saturated rings. The Balaban J connectivity index is 2.80. The van der Waals surface area contributed by atoms with Gasteiger partial charge in [-0.3, -0.25) is 0 Å². The molecule has 0 atom stereocenters. The third-order valence-corrected chi connectivity index (χ3v) is 1.91. The van der Waals surface area contributed by atoms with Gasteiger partial charge in [-0.15, -0.1) is 0 Å². The number of hydrogen-bond acceptors (Lipinski definition) is 3. The Hall–Kier alpha value is -1.91. The number of carboxylic acids is 1. The van der Waals surface area contributed by atoms with Gasteiger partial charge in [0.1, 0.15) is 6.33 Å². The largest absolute Gasteiger partial charge is 0.478 e. The summed E-state index contributed by atoms with van der Waals surface area (Å²) in [5.41, 5.74) is 1.49. The molecular weight excluding hydrogens is 170 g/mol. The van der Waals surface area contributed by atoms with E-state index in [0.717, 1.165) is 0 Å². The van der Waals surface area contributed by atoms with Crippen molar-refractivity contribution < 1.29 is 9.90 Å². The van der Waals surface area contributed by atoms with E-state index in [-0.39, 0.29) is 5.56 Å². The van der Waals surface area contributed by atoms with Gasteiger partial charge in [0.25, 0.3) is 0 Å². The third kappa shape index (κ3) is 1.05. The zero-order chi connectivity index (χ0) is 9.42. The highest BCUT2D eigenvalue weighted by Crippen LogP contribution is 2.09. The maximum Gasteiger partial charge on any atom is 0.337 e. The van der Waals surface area contributed by atoms with E-state index in [1.54, 1.807) is 13.0 Å². The topological polar surface area (TPSA) is 67.5 Å². The van der Waals surface area contributed by atoms with Crippen LogP contribution in [0.4, 0.5) is 0 Å². The summed E-state index contributed by atoms with van der Waals surface area (Å²) in [6.07, 6.45) is 1.40. The number of rotatable bonds is 1. The lowest BCUT2D eigenvalue weighted by molar-refractivity contribution is 0.0695. The van der Waals surface area contributed by atoms with Gasteiger partial charge < -0.3 is 5.11 Å². The van der Waals surface area contributed by atoms with Crippen molar-refractivity contribution in [1.29, 1.82) is 0 Å². The second kappa shape index (κ2) is 2.55. The van der Waals surface area contributed by atoms with E-state index in [9.17, 15) is 4.79 Å². The van der Waals surface area contributed by atoms with E-state index in [1.165, 1.54) is 16.9 Å². The van der Waals surface area contributed by atoms with Crippen LogP contribution in [-0.2, 0) is 0 Å². The van der Waals surface area contributed by atoms with E-state index < -0.39 is 5.97 Å². The minimum atomic E-state index is -0.949. The lowest BCUT2D eigenvalue weighted by Gasteiger charge is -2.01. The van der Waals surface area contributed by atoms with Crippen LogP contribution in [0.25, 0.3) is 5.65 Å². The SMILES string of the molecule is Cc1c(C(=O)O)ccc2ncnn12. The summed E-state index contributed by atoms with van der Waals surface area (Å²) in [4.78, 5) is 14.7. The first-order chi connectivity index (χ1) is 6.20. The number of carbonyl (C=O) groups is 1. The molecule has 0 aliphatic carbocycles. The van der Waals surface area contributed by atoms with Crippen LogP contribution in [0.1, 0.15) is 16.1 Å². The first kappa shape index (κ1) is 7.72. The predicted molar refractivity (Wildman–Crippen MR) is 44.7 cm³/mol. The fourth-order valence-corrected chi connectivity index (χ4v) is 1.24. The van der Waals surface area contributed by atoms with Gasteiger partial charge in [0.05, 0.1) is 11.3 Å². The van der Waals surface area contributed by atoms with Crippen LogP contribution in [0.5, 0.6) is 0 Å². The fourth-order valence-electron chi connectivity index (χ4n) is 1.24. The van der Waals surface area contributed by atoms with Crippen LogP contribution in [0.3, 0.4) is 0 Å². The van der Waals surface area contributed by atoms with Crippen molar-refractivity contribution in [2.24, 2.45) is 0 Å². The molecule has 5 heteroatoms. The number of fused-ring (bicyclic) bond motifs is 1. The summed E-state index contributed by atoms with van der Waals surface area (Å²) in [5.74, 6) is -0.949. The minimum Gasteiger partial charge on any atom is -0.478 e. The minimum absolute atomic E-state index is 0.248. The Labute approximate surface area is 73.6 Å². The van der Waals surface area contributed by atoms with Gasteiger partial charge in [-0.2, -0.15) is 5.10 Å². The molecule has 0 amide bonds.